The van der Waals surface area contributed by atoms with E-state index < -0.39 is 5.54 Å². The summed E-state index contributed by atoms with van der Waals surface area (Å²) in [5.41, 5.74) is 5.13. The van der Waals surface area contributed by atoms with Gasteiger partial charge in [0.25, 0.3) is 0 Å². The fraction of sp³-hybridized carbons (Fsp3) is 0.929. The fourth-order valence-corrected chi connectivity index (χ4v) is 2.25. The van der Waals surface area contributed by atoms with Crippen LogP contribution in [0.25, 0.3) is 0 Å². The predicted molar refractivity (Wildman–Crippen MR) is 75.0 cm³/mol. The van der Waals surface area contributed by atoms with Gasteiger partial charge < -0.3 is 20.1 Å². The summed E-state index contributed by atoms with van der Waals surface area (Å²) in [4.78, 5) is 14.1. The fourth-order valence-electron chi connectivity index (χ4n) is 2.25. The van der Waals surface area contributed by atoms with E-state index in [1.807, 2.05) is 0 Å². The first-order valence-electron chi connectivity index (χ1n) is 7.32. The van der Waals surface area contributed by atoms with Crippen molar-refractivity contribution in [1.29, 1.82) is 0 Å². The molecule has 0 bridgehead atoms. The zero-order valence-corrected chi connectivity index (χ0v) is 12.3. The number of hydrogen-bond acceptors (Lipinski definition) is 5. The maximum atomic E-state index is 11.6. The first-order chi connectivity index (χ1) is 9.06. The summed E-state index contributed by atoms with van der Waals surface area (Å²) < 4.78 is 10.4. The van der Waals surface area contributed by atoms with E-state index in [4.69, 9.17) is 15.2 Å². The molecule has 0 radical (unpaired) electrons. The number of unbranched alkanes of at least 4 members (excludes halogenated alkanes) is 1. The molecule has 0 aromatic heterocycles. The molecule has 0 spiro atoms. The highest BCUT2D eigenvalue weighted by atomic mass is 16.5. The Kier molecular flexibility index (Phi) is 7.34. The zero-order valence-electron chi connectivity index (χ0n) is 12.3. The molecule has 1 unspecified atom stereocenters. The van der Waals surface area contributed by atoms with E-state index in [0.29, 0.717) is 13.0 Å². The van der Waals surface area contributed by atoms with E-state index in [9.17, 15) is 4.79 Å². The molecular weight excluding hydrogens is 244 g/mol. The highest BCUT2D eigenvalue weighted by molar-refractivity contribution is 5.79. The molecule has 1 rings (SSSR count). The third-order valence-corrected chi connectivity index (χ3v) is 3.48. The number of nitrogens with two attached hydrogens (primary N) is 1. The molecule has 19 heavy (non-hydrogen) atoms. The van der Waals surface area contributed by atoms with Crippen LogP contribution in [-0.4, -0.2) is 55.9 Å². The van der Waals surface area contributed by atoms with E-state index in [1.54, 1.807) is 13.8 Å². The smallest absolute Gasteiger partial charge is 0.325 e. The number of rotatable bonds is 7. The lowest BCUT2D eigenvalue weighted by atomic mass is 9.96. The topological polar surface area (TPSA) is 64.8 Å². The first-order valence-corrected chi connectivity index (χ1v) is 7.32. The second-order valence-corrected chi connectivity index (χ2v) is 5.40. The molecular formula is C14H28N2O3. The molecule has 1 saturated heterocycles. The molecule has 0 aromatic carbocycles. The van der Waals surface area contributed by atoms with Gasteiger partial charge in [-0.05, 0) is 46.1 Å². The van der Waals surface area contributed by atoms with Gasteiger partial charge in [0.2, 0.25) is 0 Å². The molecule has 5 nitrogen and oxygen atoms in total. The largest absolute Gasteiger partial charge is 0.465 e. The Morgan fingerprint density at radius 2 is 2.16 bits per heavy atom. The molecule has 1 aliphatic rings. The normalized spacial score (nSPS) is 20.6. The maximum absolute atomic E-state index is 11.6. The van der Waals surface area contributed by atoms with Crippen LogP contribution in [0.15, 0.2) is 0 Å². The van der Waals surface area contributed by atoms with Gasteiger partial charge in [0.05, 0.1) is 13.2 Å². The Morgan fingerprint density at radius 3 is 2.89 bits per heavy atom. The van der Waals surface area contributed by atoms with Crippen molar-refractivity contribution < 1.29 is 14.3 Å². The monoisotopic (exact) mass is 272 g/mol. The lowest BCUT2D eigenvalue weighted by Crippen LogP contribution is -2.46. The van der Waals surface area contributed by atoms with Crippen molar-refractivity contribution in [3.8, 4) is 0 Å². The molecule has 2 N–H and O–H groups in total. The average Bonchev–Trinajstić information content (AvgIpc) is 2.63. The predicted octanol–water partition coefficient (Wildman–Crippen LogP) is 1.16. The minimum Gasteiger partial charge on any atom is -0.465 e. The summed E-state index contributed by atoms with van der Waals surface area (Å²) >= 11 is 0. The molecule has 1 fully saturated rings. The molecule has 0 saturated carbocycles. The van der Waals surface area contributed by atoms with Gasteiger partial charge >= 0.3 is 5.97 Å². The first kappa shape index (κ1) is 16.4. The van der Waals surface area contributed by atoms with Crippen molar-refractivity contribution in [1.82, 2.24) is 4.90 Å². The van der Waals surface area contributed by atoms with E-state index in [2.05, 4.69) is 4.90 Å². The quantitative estimate of drug-likeness (QED) is 0.556. The molecule has 1 atom stereocenters. The number of carbonyl (C=O) groups excluding carboxylic acids is 1. The van der Waals surface area contributed by atoms with Crippen LogP contribution in [0.4, 0.5) is 0 Å². The zero-order chi connectivity index (χ0) is 14.1. The average molecular weight is 272 g/mol. The van der Waals surface area contributed by atoms with Crippen molar-refractivity contribution in [2.24, 2.45) is 5.73 Å². The molecule has 0 aromatic rings. The SMILES string of the molecule is CCOC(=O)C(C)(N)CCCCN1CCCOCC1. The number of esters is 1. The lowest BCUT2D eigenvalue weighted by molar-refractivity contribution is -0.149. The summed E-state index contributed by atoms with van der Waals surface area (Å²) in [6.07, 6.45) is 3.79. The standard InChI is InChI=1S/C14H28N2O3/c1-3-19-13(17)14(2,15)7-4-5-8-16-9-6-11-18-12-10-16/h3-12,15H2,1-2H3. The van der Waals surface area contributed by atoms with Crippen LogP contribution in [-0.2, 0) is 14.3 Å². The number of hydrogen-bond donors (Lipinski definition) is 1. The van der Waals surface area contributed by atoms with Crippen molar-refractivity contribution in [3.63, 3.8) is 0 Å². The van der Waals surface area contributed by atoms with Gasteiger partial charge in [0.1, 0.15) is 5.54 Å². The van der Waals surface area contributed by atoms with E-state index >= 15 is 0 Å². The van der Waals surface area contributed by atoms with Crippen LogP contribution in [0.2, 0.25) is 0 Å². The third-order valence-electron chi connectivity index (χ3n) is 3.48. The Morgan fingerprint density at radius 1 is 1.37 bits per heavy atom. The maximum Gasteiger partial charge on any atom is 0.325 e. The van der Waals surface area contributed by atoms with Crippen molar-refractivity contribution in [3.05, 3.63) is 0 Å². The molecule has 0 amide bonds. The van der Waals surface area contributed by atoms with Crippen molar-refractivity contribution >= 4 is 5.97 Å². The highest BCUT2D eigenvalue weighted by Crippen LogP contribution is 2.13. The summed E-state index contributed by atoms with van der Waals surface area (Å²) in [6, 6.07) is 0. The van der Waals surface area contributed by atoms with Gasteiger partial charge in [0, 0.05) is 19.7 Å². The third kappa shape index (κ3) is 6.36. The highest BCUT2D eigenvalue weighted by Gasteiger charge is 2.29. The Balaban J connectivity index is 2.16. The van der Waals surface area contributed by atoms with Gasteiger partial charge in [-0.2, -0.15) is 0 Å². The summed E-state index contributed by atoms with van der Waals surface area (Å²) in [6.45, 7) is 8.83. The van der Waals surface area contributed by atoms with Crippen molar-refractivity contribution in [2.75, 3.05) is 39.5 Å². The van der Waals surface area contributed by atoms with Gasteiger partial charge in [-0.1, -0.05) is 0 Å². The second-order valence-electron chi connectivity index (χ2n) is 5.40. The number of nitrogens with zero attached hydrogens (tertiary/aromatic N) is 1. The van der Waals surface area contributed by atoms with Crippen LogP contribution < -0.4 is 5.73 Å². The Labute approximate surface area is 116 Å². The number of ether oxygens (including phenoxy) is 2. The molecule has 112 valence electrons. The van der Waals surface area contributed by atoms with Crippen LogP contribution in [0.3, 0.4) is 0 Å². The Hall–Kier alpha value is -0.650. The van der Waals surface area contributed by atoms with Crippen LogP contribution in [0.5, 0.6) is 0 Å². The van der Waals surface area contributed by atoms with Gasteiger partial charge in [-0.3, -0.25) is 4.79 Å². The molecule has 0 aliphatic carbocycles. The van der Waals surface area contributed by atoms with Gasteiger partial charge in [0.15, 0.2) is 0 Å². The van der Waals surface area contributed by atoms with Crippen LogP contribution >= 0.6 is 0 Å². The molecule has 1 heterocycles. The van der Waals surface area contributed by atoms with E-state index in [1.165, 1.54) is 0 Å². The van der Waals surface area contributed by atoms with Crippen LogP contribution in [0, 0.1) is 0 Å². The van der Waals surface area contributed by atoms with E-state index in [-0.39, 0.29) is 5.97 Å². The number of carbonyl (C=O) groups is 1. The van der Waals surface area contributed by atoms with Gasteiger partial charge in [-0.25, -0.2) is 0 Å². The summed E-state index contributed by atoms with van der Waals surface area (Å²) in [5.74, 6) is -0.293. The second kappa shape index (κ2) is 8.51. The summed E-state index contributed by atoms with van der Waals surface area (Å²) in [5, 5.41) is 0. The molecule has 1 aliphatic heterocycles. The summed E-state index contributed by atoms with van der Waals surface area (Å²) in [7, 11) is 0. The lowest BCUT2D eigenvalue weighted by Gasteiger charge is -2.23. The minimum absolute atomic E-state index is 0.293. The van der Waals surface area contributed by atoms with Gasteiger partial charge in [-0.15, -0.1) is 0 Å². The van der Waals surface area contributed by atoms with Crippen LogP contribution in [0.1, 0.15) is 39.5 Å². The minimum atomic E-state index is -0.849. The molecule has 5 heteroatoms. The Bertz CT molecular complexity index is 261. The van der Waals surface area contributed by atoms with E-state index in [0.717, 1.165) is 52.1 Å². The van der Waals surface area contributed by atoms with Crippen molar-refractivity contribution in [2.45, 2.75) is 45.1 Å².